The summed E-state index contributed by atoms with van der Waals surface area (Å²) in [5.74, 6) is 0.994. The smallest absolute Gasteiger partial charge is 0.317 e. The van der Waals surface area contributed by atoms with Crippen LogP contribution in [0.1, 0.15) is 25.0 Å². The van der Waals surface area contributed by atoms with Gasteiger partial charge in [0, 0.05) is 52.2 Å². The molecule has 6 heteroatoms. The fourth-order valence-electron chi connectivity index (χ4n) is 3.83. The number of aromatic nitrogens is 2. The number of urea groups is 1. The van der Waals surface area contributed by atoms with Gasteiger partial charge in [-0.3, -0.25) is 9.58 Å². The zero-order valence-electron chi connectivity index (χ0n) is 16.8. The topological polar surface area (TPSA) is 53.4 Å². The van der Waals surface area contributed by atoms with Gasteiger partial charge in [-0.2, -0.15) is 5.10 Å². The van der Waals surface area contributed by atoms with E-state index in [2.05, 4.69) is 53.4 Å². The molecule has 1 aliphatic heterocycles. The Labute approximate surface area is 162 Å². The Morgan fingerprint density at radius 3 is 2.48 bits per heavy atom. The number of likely N-dealkylation sites (tertiary alicyclic amines) is 1. The molecule has 2 heterocycles. The van der Waals surface area contributed by atoms with Crippen molar-refractivity contribution in [3.05, 3.63) is 53.9 Å². The van der Waals surface area contributed by atoms with Crippen LogP contribution in [0.4, 0.5) is 4.79 Å². The number of carbonyl (C=O) groups excluding carboxylic acids is 1. The van der Waals surface area contributed by atoms with Crippen LogP contribution in [0.15, 0.2) is 42.7 Å². The molecule has 0 aliphatic carbocycles. The summed E-state index contributed by atoms with van der Waals surface area (Å²) in [6, 6.07) is 10.7. The minimum atomic E-state index is -0.00779. The summed E-state index contributed by atoms with van der Waals surface area (Å²) in [5, 5.41) is 7.54. The van der Waals surface area contributed by atoms with E-state index in [1.54, 1.807) is 19.0 Å². The Hall–Kier alpha value is -2.34. The van der Waals surface area contributed by atoms with Gasteiger partial charge in [-0.1, -0.05) is 38.1 Å². The van der Waals surface area contributed by atoms with Crippen molar-refractivity contribution in [2.24, 2.45) is 11.8 Å². The molecule has 2 aromatic rings. The maximum absolute atomic E-state index is 12.2. The molecule has 1 aromatic carbocycles. The van der Waals surface area contributed by atoms with E-state index in [1.165, 1.54) is 11.1 Å². The summed E-state index contributed by atoms with van der Waals surface area (Å²) in [4.78, 5) is 16.2. The molecule has 0 bridgehead atoms. The van der Waals surface area contributed by atoms with E-state index in [9.17, 15) is 4.79 Å². The Bertz CT molecular complexity index is 741. The van der Waals surface area contributed by atoms with E-state index < -0.39 is 0 Å². The van der Waals surface area contributed by atoms with Crippen LogP contribution in [0.3, 0.4) is 0 Å². The molecular formula is C21H31N5O. The molecule has 0 radical (unpaired) electrons. The summed E-state index contributed by atoms with van der Waals surface area (Å²) in [6.45, 7) is 8.06. The molecule has 6 nitrogen and oxygen atoms in total. The molecule has 146 valence electrons. The predicted molar refractivity (Wildman–Crippen MR) is 107 cm³/mol. The van der Waals surface area contributed by atoms with Crippen molar-refractivity contribution in [3.63, 3.8) is 0 Å². The van der Waals surface area contributed by atoms with Gasteiger partial charge in [-0.15, -0.1) is 0 Å². The first-order chi connectivity index (χ1) is 12.9. The van der Waals surface area contributed by atoms with E-state index >= 15 is 0 Å². The van der Waals surface area contributed by atoms with Crippen molar-refractivity contribution in [3.8, 4) is 0 Å². The van der Waals surface area contributed by atoms with Gasteiger partial charge in [-0.25, -0.2) is 4.79 Å². The first-order valence-electron chi connectivity index (χ1n) is 9.68. The van der Waals surface area contributed by atoms with E-state index in [1.807, 2.05) is 23.1 Å². The molecule has 1 aromatic heterocycles. The number of amides is 2. The van der Waals surface area contributed by atoms with E-state index in [0.29, 0.717) is 11.8 Å². The number of hydrogen-bond donors (Lipinski definition) is 1. The molecule has 1 saturated heterocycles. The van der Waals surface area contributed by atoms with E-state index in [4.69, 9.17) is 0 Å². The van der Waals surface area contributed by atoms with Crippen molar-refractivity contribution >= 4 is 6.03 Å². The van der Waals surface area contributed by atoms with Crippen molar-refractivity contribution in [2.45, 2.75) is 33.0 Å². The largest absolute Gasteiger partial charge is 0.334 e. The quantitative estimate of drug-likeness (QED) is 0.852. The molecule has 1 N–H and O–H groups in total. The zero-order chi connectivity index (χ0) is 19.4. The normalized spacial score (nSPS) is 20.2. The lowest BCUT2D eigenvalue weighted by atomic mass is 9.91. The zero-order valence-corrected chi connectivity index (χ0v) is 16.8. The molecule has 2 atom stereocenters. The highest BCUT2D eigenvalue weighted by Gasteiger charge is 2.35. The van der Waals surface area contributed by atoms with Crippen LogP contribution in [0, 0.1) is 11.8 Å². The molecule has 0 spiro atoms. The molecule has 1 aliphatic rings. The molecule has 0 saturated carbocycles. The van der Waals surface area contributed by atoms with Crippen LogP contribution in [-0.2, 0) is 13.1 Å². The van der Waals surface area contributed by atoms with Crippen LogP contribution in [0.25, 0.3) is 0 Å². The van der Waals surface area contributed by atoms with Gasteiger partial charge < -0.3 is 10.2 Å². The second-order valence-electron chi connectivity index (χ2n) is 8.02. The number of benzene rings is 1. The summed E-state index contributed by atoms with van der Waals surface area (Å²) in [7, 11) is 3.58. The van der Waals surface area contributed by atoms with Crippen LogP contribution in [-0.4, -0.2) is 58.8 Å². The lowest BCUT2D eigenvalue weighted by Crippen LogP contribution is -2.46. The minimum Gasteiger partial charge on any atom is -0.334 e. The number of nitrogens with zero attached hydrogens (tertiary/aromatic N) is 4. The fourth-order valence-corrected chi connectivity index (χ4v) is 3.83. The summed E-state index contributed by atoms with van der Waals surface area (Å²) < 4.78 is 1.96. The highest BCUT2D eigenvalue weighted by atomic mass is 16.2. The van der Waals surface area contributed by atoms with E-state index in [0.717, 1.165) is 26.2 Å². The van der Waals surface area contributed by atoms with Crippen LogP contribution < -0.4 is 5.32 Å². The second-order valence-corrected chi connectivity index (χ2v) is 8.02. The average Bonchev–Trinajstić information content (AvgIpc) is 3.26. The Morgan fingerprint density at radius 2 is 1.89 bits per heavy atom. The maximum atomic E-state index is 12.2. The van der Waals surface area contributed by atoms with Gasteiger partial charge in [-0.05, 0) is 29.0 Å². The van der Waals surface area contributed by atoms with Crippen molar-refractivity contribution in [2.75, 3.05) is 27.2 Å². The van der Waals surface area contributed by atoms with Crippen LogP contribution >= 0.6 is 0 Å². The lowest BCUT2D eigenvalue weighted by Gasteiger charge is -2.24. The molecular weight excluding hydrogens is 338 g/mol. The van der Waals surface area contributed by atoms with Gasteiger partial charge >= 0.3 is 6.03 Å². The monoisotopic (exact) mass is 369 g/mol. The van der Waals surface area contributed by atoms with E-state index in [-0.39, 0.29) is 12.1 Å². The molecule has 2 unspecified atom stereocenters. The molecule has 2 amide bonds. The highest BCUT2D eigenvalue weighted by molar-refractivity contribution is 5.73. The summed E-state index contributed by atoms with van der Waals surface area (Å²) >= 11 is 0. The minimum absolute atomic E-state index is 0.00779. The maximum Gasteiger partial charge on any atom is 0.317 e. The Morgan fingerprint density at radius 1 is 1.19 bits per heavy atom. The first kappa shape index (κ1) is 19.4. The fraction of sp³-hybridized carbons (Fsp3) is 0.524. The Kier molecular flexibility index (Phi) is 6.16. The van der Waals surface area contributed by atoms with Crippen molar-refractivity contribution in [1.29, 1.82) is 0 Å². The molecule has 27 heavy (non-hydrogen) atoms. The van der Waals surface area contributed by atoms with Crippen molar-refractivity contribution < 1.29 is 4.79 Å². The molecule has 3 rings (SSSR count). The van der Waals surface area contributed by atoms with Crippen LogP contribution in [0.2, 0.25) is 0 Å². The average molecular weight is 370 g/mol. The Balaban J connectivity index is 1.70. The second kappa shape index (κ2) is 8.57. The van der Waals surface area contributed by atoms with Gasteiger partial charge in [0.25, 0.3) is 0 Å². The van der Waals surface area contributed by atoms with Crippen LogP contribution in [0.5, 0.6) is 0 Å². The highest BCUT2D eigenvalue weighted by Crippen LogP contribution is 2.26. The summed E-state index contributed by atoms with van der Waals surface area (Å²) in [6.07, 6.45) is 3.81. The number of rotatable bonds is 6. The van der Waals surface area contributed by atoms with Gasteiger partial charge in [0.2, 0.25) is 0 Å². The first-order valence-corrected chi connectivity index (χ1v) is 9.68. The van der Waals surface area contributed by atoms with Gasteiger partial charge in [0.15, 0.2) is 0 Å². The summed E-state index contributed by atoms with van der Waals surface area (Å²) in [5.41, 5.74) is 2.62. The standard InChI is InChI=1S/C21H31N5O/c1-16(2)19-14-25(15-20(19)23-21(27)24(3)4)12-17-8-5-6-9-18(17)13-26-11-7-10-22-26/h5-11,16,19-20H,12-15H2,1-4H3,(H,23,27). The lowest BCUT2D eigenvalue weighted by molar-refractivity contribution is 0.207. The number of hydrogen-bond acceptors (Lipinski definition) is 3. The number of carbonyl (C=O) groups is 1. The number of nitrogens with one attached hydrogen (secondary N) is 1. The van der Waals surface area contributed by atoms with Gasteiger partial charge in [0.05, 0.1) is 6.54 Å². The van der Waals surface area contributed by atoms with Crippen molar-refractivity contribution in [1.82, 2.24) is 24.9 Å². The predicted octanol–water partition coefficient (Wildman–Crippen LogP) is 2.66. The third-order valence-corrected chi connectivity index (χ3v) is 5.42. The third-order valence-electron chi connectivity index (χ3n) is 5.42. The molecule has 1 fully saturated rings. The SMILES string of the molecule is CC(C)C1CN(Cc2ccccc2Cn2cccn2)CC1NC(=O)N(C)C. The third kappa shape index (κ3) is 4.89. The van der Waals surface area contributed by atoms with Gasteiger partial charge in [0.1, 0.15) is 0 Å².